The second-order valence-electron chi connectivity index (χ2n) is 6.16. The first-order chi connectivity index (χ1) is 10.2. The van der Waals surface area contributed by atoms with Gasteiger partial charge in [-0.15, -0.1) is 10.2 Å². The van der Waals surface area contributed by atoms with E-state index in [2.05, 4.69) is 0 Å². The molecular formula is C13H22N4O5. The topological polar surface area (TPSA) is 85.8 Å². The fraction of sp³-hybridized carbons (Fsp3) is 0.692. The zero-order valence-electron chi connectivity index (χ0n) is 13.3. The lowest BCUT2D eigenvalue weighted by atomic mass is 10.2. The lowest BCUT2D eigenvalue weighted by Crippen LogP contribution is -2.52. The summed E-state index contributed by atoms with van der Waals surface area (Å²) in [5.74, 6) is -0.261. The van der Waals surface area contributed by atoms with Gasteiger partial charge in [0, 0.05) is 33.2 Å². The van der Waals surface area contributed by atoms with E-state index in [-0.39, 0.29) is 17.7 Å². The molecule has 0 saturated carbocycles. The molecule has 2 rings (SSSR count). The number of hydroxylamine groups is 4. The Morgan fingerprint density at radius 2 is 1.73 bits per heavy atom. The smallest absolute Gasteiger partial charge is 0.410 e. The van der Waals surface area contributed by atoms with Crippen LogP contribution in [0.5, 0.6) is 0 Å². The molecular weight excluding hydrogens is 292 g/mol. The Labute approximate surface area is 129 Å². The van der Waals surface area contributed by atoms with Crippen molar-refractivity contribution in [2.75, 3.05) is 33.2 Å². The molecule has 1 N–H and O–H groups in total. The molecule has 0 radical (unpaired) electrons. The van der Waals surface area contributed by atoms with Crippen LogP contribution in [0.2, 0.25) is 0 Å². The fourth-order valence-electron chi connectivity index (χ4n) is 2.15. The first-order valence-corrected chi connectivity index (χ1v) is 7.06. The number of likely N-dealkylation sites (N-methyl/N-ethyl adjacent to an activating group) is 1. The number of ether oxygens (including phenoxy) is 1. The predicted octanol–water partition coefficient (Wildman–Crippen LogP) is 0.390. The molecule has 1 fully saturated rings. The Kier molecular flexibility index (Phi) is 4.47. The van der Waals surface area contributed by atoms with Gasteiger partial charge in [-0.2, -0.15) is 0 Å². The van der Waals surface area contributed by atoms with Crippen LogP contribution in [0.25, 0.3) is 0 Å². The van der Waals surface area contributed by atoms with Gasteiger partial charge in [0.1, 0.15) is 5.60 Å². The third kappa shape index (κ3) is 3.80. The van der Waals surface area contributed by atoms with Crippen molar-refractivity contribution in [1.29, 1.82) is 0 Å². The van der Waals surface area contributed by atoms with E-state index < -0.39 is 5.60 Å². The van der Waals surface area contributed by atoms with Crippen molar-refractivity contribution < 1.29 is 24.5 Å². The summed E-state index contributed by atoms with van der Waals surface area (Å²) < 4.78 is 5.31. The van der Waals surface area contributed by atoms with Gasteiger partial charge in [-0.3, -0.25) is 10.0 Å². The molecule has 0 atom stereocenters. The highest BCUT2D eigenvalue weighted by Crippen LogP contribution is 2.18. The fourth-order valence-corrected chi connectivity index (χ4v) is 2.15. The van der Waals surface area contributed by atoms with Gasteiger partial charge in [-0.1, -0.05) is 0 Å². The average molecular weight is 314 g/mol. The zero-order valence-corrected chi connectivity index (χ0v) is 13.3. The van der Waals surface area contributed by atoms with Gasteiger partial charge in [0.2, 0.25) is 0 Å². The van der Waals surface area contributed by atoms with Crippen molar-refractivity contribution in [3.63, 3.8) is 0 Å². The van der Waals surface area contributed by atoms with Crippen molar-refractivity contribution in [2.24, 2.45) is 0 Å². The molecule has 0 unspecified atom stereocenters. The lowest BCUT2D eigenvalue weighted by Gasteiger charge is -2.35. The van der Waals surface area contributed by atoms with Gasteiger partial charge >= 0.3 is 6.09 Å². The first kappa shape index (κ1) is 16.4. The zero-order chi connectivity index (χ0) is 16.5. The molecule has 2 amide bonds. The monoisotopic (exact) mass is 314 g/mol. The molecule has 0 aromatic carbocycles. The number of amides is 2. The second-order valence-corrected chi connectivity index (χ2v) is 6.16. The molecule has 0 aliphatic carbocycles. The average Bonchev–Trinajstić information content (AvgIpc) is 2.75. The summed E-state index contributed by atoms with van der Waals surface area (Å²) in [6.07, 6.45) is 0.824. The summed E-state index contributed by atoms with van der Waals surface area (Å²) in [6, 6.07) is 0. The van der Waals surface area contributed by atoms with Gasteiger partial charge in [-0.05, 0) is 20.8 Å². The van der Waals surface area contributed by atoms with Crippen molar-refractivity contribution in [2.45, 2.75) is 26.4 Å². The van der Waals surface area contributed by atoms with Crippen LogP contribution in [-0.4, -0.2) is 76.1 Å². The summed E-state index contributed by atoms with van der Waals surface area (Å²) in [7, 11) is 1.52. The van der Waals surface area contributed by atoms with Crippen LogP contribution in [0.1, 0.15) is 20.8 Å². The number of piperazine rings is 1. The minimum absolute atomic E-state index is 0.230. The molecule has 0 aromatic heterocycles. The van der Waals surface area contributed by atoms with Crippen LogP contribution in [-0.2, 0) is 14.5 Å². The molecule has 1 saturated heterocycles. The van der Waals surface area contributed by atoms with Crippen molar-refractivity contribution in [3.05, 3.63) is 11.9 Å². The lowest BCUT2D eigenvalue weighted by molar-refractivity contribution is -0.376. The molecule has 0 spiro atoms. The maximum absolute atomic E-state index is 12.3. The summed E-state index contributed by atoms with van der Waals surface area (Å²) in [5.41, 5.74) is -0.309. The first-order valence-electron chi connectivity index (χ1n) is 7.06. The summed E-state index contributed by atoms with van der Waals surface area (Å²) in [6.45, 7) is 7.04. The van der Waals surface area contributed by atoms with E-state index >= 15 is 0 Å². The second kappa shape index (κ2) is 6.01. The molecule has 2 aliphatic heterocycles. The van der Waals surface area contributed by atoms with E-state index in [9.17, 15) is 14.8 Å². The molecule has 0 bridgehead atoms. The van der Waals surface area contributed by atoms with Gasteiger partial charge in [0.25, 0.3) is 5.91 Å². The van der Waals surface area contributed by atoms with Crippen LogP contribution in [0, 0.1) is 0 Å². The minimum atomic E-state index is -0.538. The van der Waals surface area contributed by atoms with Gasteiger partial charge < -0.3 is 14.5 Å². The summed E-state index contributed by atoms with van der Waals surface area (Å²) in [4.78, 5) is 32.3. The third-order valence-electron chi connectivity index (χ3n) is 3.22. The van der Waals surface area contributed by atoms with Crippen LogP contribution in [0.4, 0.5) is 4.79 Å². The van der Waals surface area contributed by atoms with E-state index in [4.69, 9.17) is 9.68 Å². The number of nitrogens with zero attached hydrogens (tertiary/aromatic N) is 4. The van der Waals surface area contributed by atoms with E-state index in [0.717, 1.165) is 0 Å². The Morgan fingerprint density at radius 3 is 2.18 bits per heavy atom. The standard InChI is InChI=1S/C13H22N4O5/c1-13(2,3)21-12(19)16-7-5-15(6-8-16)11(18)10-9-17(20)22-14(10)4/h9,20H,5-8H2,1-4H3. The number of hydrogen-bond donors (Lipinski definition) is 1. The molecule has 9 heteroatoms. The SMILES string of the molecule is CN1ON(O)C=C1C(=O)N1CCN(C(=O)OC(C)(C)C)CC1. The normalized spacial score (nSPS) is 19.4. The number of hydrogen-bond acceptors (Lipinski definition) is 7. The van der Waals surface area contributed by atoms with Crippen LogP contribution < -0.4 is 0 Å². The van der Waals surface area contributed by atoms with E-state index in [1.165, 1.54) is 18.3 Å². The third-order valence-corrected chi connectivity index (χ3v) is 3.22. The van der Waals surface area contributed by atoms with Crippen LogP contribution in [0.3, 0.4) is 0 Å². The summed E-state index contributed by atoms with van der Waals surface area (Å²) in [5, 5.41) is 10.9. The number of rotatable bonds is 1. The molecule has 0 aromatic rings. The number of carbonyl (C=O) groups is 2. The molecule has 124 valence electrons. The van der Waals surface area contributed by atoms with Crippen molar-refractivity contribution >= 4 is 12.0 Å². The van der Waals surface area contributed by atoms with Crippen LogP contribution in [0.15, 0.2) is 11.9 Å². The quantitative estimate of drug-likeness (QED) is 0.749. The maximum atomic E-state index is 12.3. The largest absolute Gasteiger partial charge is 0.444 e. The van der Waals surface area contributed by atoms with Crippen molar-refractivity contribution in [3.8, 4) is 0 Å². The number of carbonyl (C=O) groups excluding carboxylic acids is 2. The Hall–Kier alpha value is -2.00. The highest BCUT2D eigenvalue weighted by molar-refractivity contribution is 5.92. The van der Waals surface area contributed by atoms with E-state index in [0.29, 0.717) is 31.4 Å². The minimum Gasteiger partial charge on any atom is -0.444 e. The van der Waals surface area contributed by atoms with Crippen LogP contribution >= 0.6 is 0 Å². The predicted molar refractivity (Wildman–Crippen MR) is 74.9 cm³/mol. The highest BCUT2D eigenvalue weighted by atomic mass is 17.0. The molecule has 2 heterocycles. The Bertz CT molecular complexity index is 479. The van der Waals surface area contributed by atoms with Gasteiger partial charge in [-0.25, -0.2) is 9.86 Å². The summed E-state index contributed by atoms with van der Waals surface area (Å²) >= 11 is 0. The van der Waals surface area contributed by atoms with Gasteiger partial charge in [0.05, 0.1) is 6.20 Å². The highest BCUT2D eigenvalue weighted by Gasteiger charge is 2.32. The van der Waals surface area contributed by atoms with Crippen molar-refractivity contribution in [1.82, 2.24) is 20.1 Å². The molecule has 9 nitrogen and oxygen atoms in total. The van der Waals surface area contributed by atoms with Gasteiger partial charge in [0.15, 0.2) is 5.70 Å². The Balaban J connectivity index is 1.88. The van der Waals surface area contributed by atoms with E-state index in [1.807, 2.05) is 20.8 Å². The maximum Gasteiger partial charge on any atom is 0.410 e. The van der Waals surface area contributed by atoms with E-state index in [1.54, 1.807) is 9.80 Å². The molecule has 2 aliphatic rings. The Morgan fingerprint density at radius 1 is 1.18 bits per heavy atom. The molecule has 22 heavy (non-hydrogen) atoms.